The van der Waals surface area contributed by atoms with Gasteiger partial charge in [-0.2, -0.15) is 8.78 Å². The van der Waals surface area contributed by atoms with Gasteiger partial charge in [-0.15, -0.1) is 0 Å². The van der Waals surface area contributed by atoms with Gasteiger partial charge in [-0.3, -0.25) is 3.97 Å². The van der Waals surface area contributed by atoms with E-state index in [0.717, 1.165) is 23.0 Å². The molecule has 0 atom stereocenters. The summed E-state index contributed by atoms with van der Waals surface area (Å²) in [6, 6.07) is 12.9. The van der Waals surface area contributed by atoms with Crippen molar-refractivity contribution in [2.45, 2.75) is 6.61 Å². The van der Waals surface area contributed by atoms with Crippen LogP contribution in [0.15, 0.2) is 54.9 Å². The summed E-state index contributed by atoms with van der Waals surface area (Å²) in [5, 5.41) is 4.05. The van der Waals surface area contributed by atoms with Crippen molar-refractivity contribution in [3.63, 3.8) is 0 Å². The van der Waals surface area contributed by atoms with Crippen LogP contribution in [0, 0.1) is 0 Å². The lowest BCUT2D eigenvalue weighted by atomic mass is 10.1. The molecule has 2 aromatic heterocycles. The maximum atomic E-state index is 13.3. The van der Waals surface area contributed by atoms with E-state index in [1.807, 2.05) is 85.9 Å². The molecule has 0 unspecified atom stereocenters. The van der Waals surface area contributed by atoms with Gasteiger partial charge in [0, 0.05) is 61.7 Å². The number of hydrogen-bond donors (Lipinski definition) is 2. The lowest BCUT2D eigenvalue weighted by molar-refractivity contribution is -0.0493. The van der Waals surface area contributed by atoms with Crippen molar-refractivity contribution in [2.75, 3.05) is 64.3 Å². The van der Waals surface area contributed by atoms with Gasteiger partial charge in [0.1, 0.15) is 0 Å². The number of nitrogens with zero attached hydrogens (tertiary/aromatic N) is 6. The van der Waals surface area contributed by atoms with Crippen LogP contribution < -0.4 is 20.7 Å². The number of nitrogens with one attached hydrogen (secondary N) is 1. The average Bonchev–Trinajstić information content (AvgIpc) is 3.22. The third kappa shape index (κ3) is 6.44. The fraction of sp³-hybridized carbons (Fsp3) is 0.308. The number of anilines is 4. The fourth-order valence-corrected chi connectivity index (χ4v) is 4.72. The average molecular weight is 543 g/mol. The zero-order chi connectivity index (χ0) is 27.4. The topological polar surface area (TPSA) is 87.7 Å². The van der Waals surface area contributed by atoms with Gasteiger partial charge in [0.05, 0.1) is 28.3 Å². The van der Waals surface area contributed by atoms with Crippen LogP contribution in [0.4, 0.5) is 31.8 Å². The van der Waals surface area contributed by atoms with Gasteiger partial charge >= 0.3 is 6.61 Å². The lowest BCUT2D eigenvalue weighted by Gasteiger charge is -2.24. The number of para-hydroxylation sites is 1. The molecule has 12 heteroatoms. The number of aromatic nitrogens is 3. The third-order valence-corrected chi connectivity index (χ3v) is 6.55. The molecule has 4 rings (SSSR count). The number of rotatable bonds is 11. The van der Waals surface area contributed by atoms with E-state index in [0.29, 0.717) is 23.6 Å². The zero-order valence-electron chi connectivity index (χ0n) is 22.0. The Kier molecular flexibility index (Phi) is 8.55. The van der Waals surface area contributed by atoms with Crippen molar-refractivity contribution in [1.82, 2.24) is 23.1 Å². The van der Waals surface area contributed by atoms with Gasteiger partial charge in [0.2, 0.25) is 5.95 Å². The maximum Gasteiger partial charge on any atom is 0.387 e. The van der Waals surface area contributed by atoms with Gasteiger partial charge in [0.15, 0.2) is 5.75 Å². The van der Waals surface area contributed by atoms with E-state index in [1.165, 1.54) is 6.07 Å². The Morgan fingerprint density at radius 2 is 1.84 bits per heavy atom. The first-order valence-electron chi connectivity index (χ1n) is 11.9. The van der Waals surface area contributed by atoms with Crippen LogP contribution in [0.3, 0.4) is 0 Å². The maximum absolute atomic E-state index is 13.3. The highest BCUT2D eigenvalue weighted by molar-refractivity contribution is 7.95. The lowest BCUT2D eigenvalue weighted by Crippen LogP contribution is -2.29. The second kappa shape index (κ2) is 11.8. The predicted octanol–water partition coefficient (Wildman–Crippen LogP) is 5.00. The predicted molar refractivity (Wildman–Crippen MR) is 152 cm³/mol. The molecule has 0 fully saturated rings. The summed E-state index contributed by atoms with van der Waals surface area (Å²) in [6.45, 7) is -1.58. The number of fused-ring (bicyclic) bond motifs is 1. The van der Waals surface area contributed by atoms with E-state index in [2.05, 4.69) is 19.3 Å². The number of nitrogens with two attached hydrogens (primary N) is 1. The van der Waals surface area contributed by atoms with Crippen molar-refractivity contribution < 1.29 is 13.5 Å². The van der Waals surface area contributed by atoms with Crippen molar-refractivity contribution in [3.8, 4) is 17.0 Å². The molecule has 3 N–H and O–H groups in total. The molecule has 9 nitrogen and oxygen atoms in total. The van der Waals surface area contributed by atoms with Gasteiger partial charge in [0.25, 0.3) is 0 Å². The molecule has 202 valence electrons. The molecule has 0 aliphatic carbocycles. The monoisotopic (exact) mass is 542 g/mol. The van der Waals surface area contributed by atoms with E-state index in [9.17, 15) is 8.78 Å². The van der Waals surface area contributed by atoms with Gasteiger partial charge in [-0.25, -0.2) is 14.3 Å². The van der Waals surface area contributed by atoms with Gasteiger partial charge in [-0.1, -0.05) is 18.2 Å². The Bertz CT molecular complexity index is 1400. The molecule has 2 heterocycles. The molecule has 0 amide bonds. The molecule has 0 aliphatic rings. The minimum absolute atomic E-state index is 0.0473. The normalized spacial score (nSPS) is 11.6. The highest BCUT2D eigenvalue weighted by Crippen LogP contribution is 2.38. The summed E-state index contributed by atoms with van der Waals surface area (Å²) in [7, 11) is 9.72. The fourth-order valence-electron chi connectivity index (χ4n) is 3.96. The van der Waals surface area contributed by atoms with Crippen molar-refractivity contribution in [1.29, 1.82) is 0 Å². The van der Waals surface area contributed by atoms with Crippen molar-refractivity contribution in [2.24, 2.45) is 0 Å². The van der Waals surface area contributed by atoms with E-state index in [1.54, 1.807) is 24.4 Å². The van der Waals surface area contributed by atoms with Crippen LogP contribution in [-0.2, 0) is 0 Å². The molecular formula is C26H32F2N8OS. The summed E-state index contributed by atoms with van der Waals surface area (Å²) >= 11 is 1.55. The molecular weight excluding hydrogens is 510 g/mol. The summed E-state index contributed by atoms with van der Waals surface area (Å²) < 4.78 is 35.5. The molecule has 4 aromatic rings. The number of alkyl halides is 2. The summed E-state index contributed by atoms with van der Waals surface area (Å²) in [6.07, 6.45) is 3.64. The number of nitrogen functional groups attached to an aromatic ring is 1. The zero-order valence-corrected chi connectivity index (χ0v) is 22.8. The van der Waals surface area contributed by atoms with Crippen LogP contribution in [0.1, 0.15) is 0 Å². The second-order valence-corrected chi connectivity index (χ2v) is 10.5. The number of ether oxygens (including phenoxy) is 1. The Balaban J connectivity index is 1.68. The first-order chi connectivity index (χ1) is 18.1. The number of benzene rings is 2. The van der Waals surface area contributed by atoms with Crippen LogP contribution >= 0.6 is 12.1 Å². The minimum atomic E-state index is -3.01. The van der Waals surface area contributed by atoms with E-state index in [-0.39, 0.29) is 17.4 Å². The quantitative estimate of drug-likeness (QED) is 0.201. The smallest absolute Gasteiger partial charge is 0.387 e. The second-order valence-electron chi connectivity index (χ2n) is 9.18. The molecule has 0 spiro atoms. The number of likely N-dealkylation sites (N-methyl/N-ethyl adjacent to an activating group) is 2. The summed E-state index contributed by atoms with van der Waals surface area (Å²) in [5.41, 5.74) is 10.2. The first kappa shape index (κ1) is 27.4. The molecule has 0 saturated carbocycles. The van der Waals surface area contributed by atoms with E-state index >= 15 is 0 Å². The van der Waals surface area contributed by atoms with E-state index < -0.39 is 6.61 Å². The highest BCUT2D eigenvalue weighted by atomic mass is 32.2. The van der Waals surface area contributed by atoms with Crippen LogP contribution in [-0.4, -0.2) is 78.1 Å². The molecule has 2 aromatic carbocycles. The minimum Gasteiger partial charge on any atom is -0.433 e. The van der Waals surface area contributed by atoms with Crippen molar-refractivity contribution >= 4 is 46.0 Å². The first-order valence-corrected chi connectivity index (χ1v) is 12.7. The summed E-state index contributed by atoms with van der Waals surface area (Å²) in [5.74, 6) is 0.181. The van der Waals surface area contributed by atoms with Crippen LogP contribution in [0.2, 0.25) is 0 Å². The Morgan fingerprint density at radius 1 is 1.08 bits per heavy atom. The van der Waals surface area contributed by atoms with Crippen molar-refractivity contribution in [3.05, 3.63) is 54.9 Å². The van der Waals surface area contributed by atoms with Gasteiger partial charge < -0.3 is 25.6 Å². The third-order valence-electron chi connectivity index (χ3n) is 5.75. The summed E-state index contributed by atoms with van der Waals surface area (Å²) in [4.78, 5) is 12.9. The number of halogens is 2. The SMILES string of the molecule is CN(C)CCN(C)c1cc(OC(F)F)c(Nc2nccc(-c3cn(SN(C)C)c4ccccc34)n2)cc1N. The number of hydrogen-bond acceptors (Lipinski definition) is 9. The largest absolute Gasteiger partial charge is 0.433 e. The standard InChI is InChI=1S/C26H32F2N8OS/c1-33(2)12-13-35(5)23-15-24(37-25(27)28)21(14-19(23)29)32-26-30-11-10-20(31-26)18-16-36(38-34(3)4)22-9-7-6-8-17(18)22/h6-11,14-16,25H,12-13,29H2,1-5H3,(H,30,31,32). The Labute approximate surface area is 225 Å². The molecule has 0 bridgehead atoms. The molecule has 0 radical (unpaired) electrons. The highest BCUT2D eigenvalue weighted by Gasteiger charge is 2.18. The molecule has 38 heavy (non-hydrogen) atoms. The molecule has 0 aliphatic heterocycles. The van der Waals surface area contributed by atoms with Crippen LogP contribution in [0.25, 0.3) is 22.2 Å². The van der Waals surface area contributed by atoms with Gasteiger partial charge in [-0.05, 0) is 46.4 Å². The van der Waals surface area contributed by atoms with E-state index in [4.69, 9.17) is 10.5 Å². The Hall–Kier alpha value is -3.61. The van der Waals surface area contributed by atoms with Crippen LogP contribution in [0.5, 0.6) is 5.75 Å². The molecule has 0 saturated heterocycles. The Morgan fingerprint density at radius 3 is 2.55 bits per heavy atom.